The van der Waals surface area contributed by atoms with Crippen molar-refractivity contribution in [3.63, 3.8) is 0 Å². The van der Waals surface area contributed by atoms with Crippen LogP contribution in [-0.2, 0) is 14.3 Å². The summed E-state index contributed by atoms with van der Waals surface area (Å²) in [5.41, 5.74) is 0. The standard InChI is InChI=1S/C8H15NO3.C3H6O2/c1-2-7(8(10)11)9-3-5-12-6-4-9;1-2-3(4)5/h7H,2-6H2,1H3,(H,10,11);2H2,1H3,(H,4,5). The predicted molar refractivity (Wildman–Crippen MR) is 62.0 cm³/mol. The van der Waals surface area contributed by atoms with Crippen molar-refractivity contribution in [1.82, 2.24) is 4.90 Å². The van der Waals surface area contributed by atoms with Gasteiger partial charge in [0.25, 0.3) is 0 Å². The number of hydrogen-bond acceptors (Lipinski definition) is 4. The Morgan fingerprint density at radius 2 is 1.71 bits per heavy atom. The van der Waals surface area contributed by atoms with Crippen LogP contribution in [0, 0.1) is 0 Å². The van der Waals surface area contributed by atoms with Gasteiger partial charge in [0.1, 0.15) is 6.04 Å². The van der Waals surface area contributed by atoms with Crippen LogP contribution in [0.4, 0.5) is 0 Å². The fourth-order valence-electron chi connectivity index (χ4n) is 1.48. The molecule has 1 rings (SSSR count). The second-order valence-electron chi connectivity index (χ2n) is 3.66. The van der Waals surface area contributed by atoms with Crippen LogP contribution in [0.1, 0.15) is 26.7 Å². The number of morpholine rings is 1. The molecular weight excluding hydrogens is 226 g/mol. The first-order valence-corrected chi connectivity index (χ1v) is 5.79. The third-order valence-electron chi connectivity index (χ3n) is 2.46. The molecule has 6 nitrogen and oxygen atoms in total. The molecule has 1 aliphatic heterocycles. The van der Waals surface area contributed by atoms with Gasteiger partial charge in [-0.15, -0.1) is 0 Å². The molecule has 0 aromatic rings. The van der Waals surface area contributed by atoms with Gasteiger partial charge in [0.2, 0.25) is 0 Å². The van der Waals surface area contributed by atoms with E-state index in [2.05, 4.69) is 0 Å². The number of ether oxygens (including phenoxy) is 1. The first kappa shape index (κ1) is 15.9. The van der Waals surface area contributed by atoms with Gasteiger partial charge in [-0.2, -0.15) is 0 Å². The van der Waals surface area contributed by atoms with Gasteiger partial charge in [-0.1, -0.05) is 13.8 Å². The molecule has 0 radical (unpaired) electrons. The summed E-state index contributed by atoms with van der Waals surface area (Å²) in [4.78, 5) is 22.1. The minimum Gasteiger partial charge on any atom is -0.481 e. The Morgan fingerprint density at radius 3 is 2.00 bits per heavy atom. The molecule has 1 saturated heterocycles. The first-order valence-electron chi connectivity index (χ1n) is 5.79. The van der Waals surface area contributed by atoms with Gasteiger partial charge in [-0.05, 0) is 6.42 Å². The zero-order chi connectivity index (χ0) is 13.3. The van der Waals surface area contributed by atoms with E-state index in [-0.39, 0.29) is 12.5 Å². The maximum Gasteiger partial charge on any atom is 0.320 e. The predicted octanol–water partition coefficient (Wildman–Crippen LogP) is 0.663. The summed E-state index contributed by atoms with van der Waals surface area (Å²) in [5.74, 6) is -1.47. The number of aliphatic carboxylic acids is 2. The Hall–Kier alpha value is -1.14. The van der Waals surface area contributed by atoms with Crippen molar-refractivity contribution in [2.45, 2.75) is 32.7 Å². The summed E-state index contributed by atoms with van der Waals surface area (Å²) in [6.45, 7) is 6.29. The van der Waals surface area contributed by atoms with Crippen LogP contribution in [0.25, 0.3) is 0 Å². The minimum atomic E-state index is -0.745. The second-order valence-corrected chi connectivity index (χ2v) is 3.66. The van der Waals surface area contributed by atoms with Crippen LogP contribution >= 0.6 is 0 Å². The van der Waals surface area contributed by atoms with Crippen molar-refractivity contribution in [2.75, 3.05) is 26.3 Å². The van der Waals surface area contributed by atoms with Gasteiger partial charge in [-0.3, -0.25) is 14.5 Å². The summed E-state index contributed by atoms with van der Waals surface area (Å²) < 4.78 is 5.14. The van der Waals surface area contributed by atoms with E-state index in [4.69, 9.17) is 14.9 Å². The normalized spacial score (nSPS) is 17.8. The van der Waals surface area contributed by atoms with Gasteiger partial charge in [0.05, 0.1) is 13.2 Å². The molecule has 0 saturated carbocycles. The maximum absolute atomic E-state index is 10.7. The van der Waals surface area contributed by atoms with Crippen molar-refractivity contribution >= 4 is 11.9 Å². The Labute approximate surface area is 101 Å². The average molecular weight is 247 g/mol. The van der Waals surface area contributed by atoms with Crippen molar-refractivity contribution in [3.8, 4) is 0 Å². The SMILES string of the molecule is CCC(=O)O.CCC(C(=O)O)N1CCOCC1. The zero-order valence-corrected chi connectivity index (χ0v) is 10.4. The summed E-state index contributed by atoms with van der Waals surface area (Å²) in [6, 6.07) is -0.325. The highest BCUT2D eigenvalue weighted by Crippen LogP contribution is 2.07. The zero-order valence-electron chi connectivity index (χ0n) is 10.4. The van der Waals surface area contributed by atoms with E-state index in [1.54, 1.807) is 6.92 Å². The molecule has 100 valence electrons. The van der Waals surface area contributed by atoms with E-state index < -0.39 is 11.9 Å². The average Bonchev–Trinajstić information content (AvgIpc) is 2.31. The van der Waals surface area contributed by atoms with Crippen LogP contribution < -0.4 is 0 Å². The molecule has 0 spiro atoms. The highest BCUT2D eigenvalue weighted by molar-refractivity contribution is 5.73. The Balaban J connectivity index is 0.000000437. The van der Waals surface area contributed by atoms with Crippen molar-refractivity contribution in [3.05, 3.63) is 0 Å². The highest BCUT2D eigenvalue weighted by atomic mass is 16.5. The molecular formula is C11H21NO5. The third kappa shape index (κ3) is 6.91. The number of carboxylic acid groups (broad SMARTS) is 2. The molecule has 0 aliphatic carbocycles. The lowest BCUT2D eigenvalue weighted by Gasteiger charge is -2.31. The van der Waals surface area contributed by atoms with Crippen LogP contribution in [0.2, 0.25) is 0 Å². The number of carbonyl (C=O) groups is 2. The topological polar surface area (TPSA) is 87.1 Å². The van der Waals surface area contributed by atoms with Crippen molar-refractivity contribution in [2.24, 2.45) is 0 Å². The molecule has 0 amide bonds. The van der Waals surface area contributed by atoms with Crippen LogP contribution in [0.3, 0.4) is 0 Å². The molecule has 1 atom stereocenters. The lowest BCUT2D eigenvalue weighted by molar-refractivity contribution is -0.145. The van der Waals surface area contributed by atoms with Crippen LogP contribution in [-0.4, -0.2) is 59.4 Å². The summed E-state index contributed by atoms with van der Waals surface area (Å²) >= 11 is 0. The lowest BCUT2D eigenvalue weighted by Crippen LogP contribution is -2.47. The second kappa shape index (κ2) is 8.95. The molecule has 2 N–H and O–H groups in total. The summed E-state index contributed by atoms with van der Waals surface area (Å²) in [5, 5.41) is 16.6. The van der Waals surface area contributed by atoms with Gasteiger partial charge >= 0.3 is 11.9 Å². The molecule has 0 aromatic carbocycles. The molecule has 1 unspecified atom stereocenters. The third-order valence-corrected chi connectivity index (χ3v) is 2.46. The quantitative estimate of drug-likeness (QED) is 0.759. The Bertz CT molecular complexity index is 238. The van der Waals surface area contributed by atoms with E-state index >= 15 is 0 Å². The van der Waals surface area contributed by atoms with Gasteiger partial charge < -0.3 is 14.9 Å². The van der Waals surface area contributed by atoms with E-state index in [1.807, 2.05) is 11.8 Å². The lowest BCUT2D eigenvalue weighted by atomic mass is 10.2. The number of hydrogen-bond donors (Lipinski definition) is 2. The van der Waals surface area contributed by atoms with E-state index in [1.165, 1.54) is 0 Å². The first-order chi connectivity index (χ1) is 8.02. The summed E-state index contributed by atoms with van der Waals surface area (Å²) in [7, 11) is 0. The molecule has 17 heavy (non-hydrogen) atoms. The summed E-state index contributed by atoms with van der Waals surface area (Å²) in [6.07, 6.45) is 0.884. The van der Waals surface area contributed by atoms with E-state index in [0.29, 0.717) is 19.6 Å². The smallest absolute Gasteiger partial charge is 0.320 e. The van der Waals surface area contributed by atoms with Crippen molar-refractivity contribution < 1.29 is 24.5 Å². The number of rotatable bonds is 4. The Kier molecular flexibility index (Phi) is 8.35. The molecule has 6 heteroatoms. The largest absolute Gasteiger partial charge is 0.481 e. The van der Waals surface area contributed by atoms with E-state index in [0.717, 1.165) is 13.1 Å². The Morgan fingerprint density at radius 1 is 1.24 bits per heavy atom. The molecule has 0 bridgehead atoms. The van der Waals surface area contributed by atoms with Gasteiger partial charge in [0.15, 0.2) is 0 Å². The van der Waals surface area contributed by atoms with E-state index in [9.17, 15) is 9.59 Å². The minimum absolute atomic E-state index is 0.222. The van der Waals surface area contributed by atoms with Crippen LogP contribution in [0.15, 0.2) is 0 Å². The fraction of sp³-hybridized carbons (Fsp3) is 0.818. The van der Waals surface area contributed by atoms with Gasteiger partial charge in [0, 0.05) is 19.5 Å². The molecule has 1 aliphatic rings. The number of nitrogens with zero attached hydrogens (tertiary/aromatic N) is 1. The van der Waals surface area contributed by atoms with Crippen molar-refractivity contribution in [1.29, 1.82) is 0 Å². The maximum atomic E-state index is 10.7. The highest BCUT2D eigenvalue weighted by Gasteiger charge is 2.24. The van der Waals surface area contributed by atoms with Gasteiger partial charge in [-0.25, -0.2) is 0 Å². The fourth-order valence-corrected chi connectivity index (χ4v) is 1.48. The molecule has 1 fully saturated rings. The molecule has 0 aromatic heterocycles. The van der Waals surface area contributed by atoms with Crippen LogP contribution in [0.5, 0.6) is 0 Å². The molecule has 1 heterocycles. The monoisotopic (exact) mass is 247 g/mol. The number of carboxylic acids is 2.